The van der Waals surface area contributed by atoms with Gasteiger partial charge in [-0.3, -0.25) is 19.4 Å². The van der Waals surface area contributed by atoms with Crippen LogP contribution in [0.4, 0.5) is 0 Å². The molecule has 0 N–H and O–H groups in total. The van der Waals surface area contributed by atoms with Gasteiger partial charge in [-0.05, 0) is 39.0 Å². The third-order valence-corrected chi connectivity index (χ3v) is 7.55. The summed E-state index contributed by atoms with van der Waals surface area (Å²) in [5, 5.41) is 0. The number of piperidine rings is 2. The van der Waals surface area contributed by atoms with Crippen LogP contribution in [-0.2, 0) is 14.3 Å². The number of Topliss-reactive ketones (excluding diaryl/α,β-unsaturated/α-hetero) is 1. The van der Waals surface area contributed by atoms with Crippen molar-refractivity contribution in [3.05, 3.63) is 0 Å². The number of carbonyl (C=O) groups excluding carboxylic acids is 2. The molecule has 1 aliphatic carbocycles. The third kappa shape index (κ3) is 1.78. The van der Waals surface area contributed by atoms with Gasteiger partial charge >= 0.3 is 5.97 Å². The molecule has 5 nitrogen and oxygen atoms in total. The Morgan fingerprint density at radius 2 is 1.62 bits per heavy atom. The molecule has 4 heterocycles. The molecule has 0 radical (unpaired) electrons. The normalized spacial score (nSPS) is 49.1. The summed E-state index contributed by atoms with van der Waals surface area (Å²) in [7, 11) is 0. The maximum atomic E-state index is 13.3. The van der Waals surface area contributed by atoms with Gasteiger partial charge in [0.1, 0.15) is 5.78 Å². The number of ketones is 1. The lowest BCUT2D eigenvalue weighted by Crippen LogP contribution is -2.84. The van der Waals surface area contributed by atoms with Crippen molar-refractivity contribution < 1.29 is 14.3 Å². The van der Waals surface area contributed by atoms with E-state index in [2.05, 4.69) is 23.6 Å². The average molecular weight is 334 g/mol. The lowest BCUT2D eigenvalue weighted by molar-refractivity contribution is -0.247. The second-order valence-electron chi connectivity index (χ2n) is 8.38. The first kappa shape index (κ1) is 16.5. The van der Waals surface area contributed by atoms with Crippen LogP contribution in [0, 0.1) is 16.7 Å². The van der Waals surface area contributed by atoms with Crippen LogP contribution in [0.25, 0.3) is 0 Å². The van der Waals surface area contributed by atoms with Crippen molar-refractivity contribution in [3.63, 3.8) is 0 Å². The molecule has 4 bridgehead atoms. The molecule has 5 rings (SSSR count). The van der Waals surface area contributed by atoms with Crippen LogP contribution in [-0.4, -0.2) is 60.0 Å². The van der Waals surface area contributed by atoms with E-state index in [1.165, 1.54) is 0 Å². The monoisotopic (exact) mass is 334 g/mol. The minimum absolute atomic E-state index is 0.0371. The van der Waals surface area contributed by atoms with Crippen LogP contribution in [0.15, 0.2) is 0 Å². The van der Waals surface area contributed by atoms with E-state index in [4.69, 9.17) is 4.74 Å². The number of ether oxygens (including phenoxy) is 1. The van der Waals surface area contributed by atoms with Gasteiger partial charge in [0.25, 0.3) is 0 Å². The molecule has 1 atom stereocenters. The topological polar surface area (TPSA) is 49.9 Å². The molecule has 1 spiro atoms. The van der Waals surface area contributed by atoms with Crippen LogP contribution in [0.2, 0.25) is 0 Å². The van der Waals surface area contributed by atoms with Crippen LogP contribution in [0.5, 0.6) is 0 Å². The standard InChI is InChI=1S/C19H30N2O3/c1-4-17-10-20-12-18(5-2,16(17)23)13-21(11-17)19(20)9-7-8-14(19)15(22)24-6-3/h14H,4-13H2,1-3H3/t14-,17?,18?,19?/m0/s1. The number of esters is 1. The maximum absolute atomic E-state index is 13.3. The third-order valence-electron chi connectivity index (χ3n) is 7.55. The number of rotatable bonds is 4. The van der Waals surface area contributed by atoms with Crippen molar-refractivity contribution in [1.29, 1.82) is 0 Å². The molecule has 0 aromatic rings. The first-order valence-corrected chi connectivity index (χ1v) is 9.69. The summed E-state index contributed by atoms with van der Waals surface area (Å²) < 4.78 is 5.42. The van der Waals surface area contributed by atoms with E-state index >= 15 is 0 Å². The molecular weight excluding hydrogens is 304 g/mol. The van der Waals surface area contributed by atoms with Gasteiger partial charge in [-0.1, -0.05) is 13.8 Å². The van der Waals surface area contributed by atoms with Crippen molar-refractivity contribution in [2.24, 2.45) is 16.7 Å². The lowest BCUT2D eigenvalue weighted by Gasteiger charge is -2.71. The zero-order valence-electron chi connectivity index (χ0n) is 15.3. The Kier molecular flexibility index (Phi) is 3.63. The number of hydrogen-bond donors (Lipinski definition) is 0. The van der Waals surface area contributed by atoms with E-state index in [1.807, 2.05) is 6.92 Å². The highest BCUT2D eigenvalue weighted by molar-refractivity contribution is 5.93. The summed E-state index contributed by atoms with van der Waals surface area (Å²) in [6, 6.07) is 0. The molecule has 0 amide bonds. The van der Waals surface area contributed by atoms with Gasteiger partial charge in [-0.2, -0.15) is 0 Å². The second kappa shape index (κ2) is 5.28. The van der Waals surface area contributed by atoms with Gasteiger partial charge in [0, 0.05) is 26.2 Å². The highest BCUT2D eigenvalue weighted by Gasteiger charge is 2.71. The van der Waals surface area contributed by atoms with E-state index in [0.29, 0.717) is 12.4 Å². The summed E-state index contributed by atoms with van der Waals surface area (Å²) in [5.74, 6) is 0.397. The van der Waals surface area contributed by atoms with Crippen LogP contribution < -0.4 is 0 Å². The molecular formula is C19H30N2O3. The Bertz CT molecular complexity index is 531. The highest BCUT2D eigenvalue weighted by atomic mass is 16.5. The Balaban J connectivity index is 1.75. The predicted octanol–water partition coefficient (Wildman–Crippen LogP) is 2.05. The summed E-state index contributed by atoms with van der Waals surface area (Å²) in [6.07, 6.45) is 4.83. The van der Waals surface area contributed by atoms with E-state index < -0.39 is 0 Å². The van der Waals surface area contributed by atoms with Crippen molar-refractivity contribution in [3.8, 4) is 0 Å². The highest BCUT2D eigenvalue weighted by Crippen LogP contribution is 2.59. The zero-order valence-corrected chi connectivity index (χ0v) is 15.3. The molecule has 0 aromatic heterocycles. The lowest BCUT2D eigenvalue weighted by atomic mass is 9.56. The first-order chi connectivity index (χ1) is 11.5. The molecule has 4 aliphatic heterocycles. The Labute approximate surface area is 144 Å². The second-order valence-corrected chi connectivity index (χ2v) is 8.38. The summed E-state index contributed by atoms with van der Waals surface area (Å²) in [6.45, 7) is 9.96. The fourth-order valence-electron chi connectivity index (χ4n) is 6.32. The van der Waals surface area contributed by atoms with Crippen LogP contribution in [0.1, 0.15) is 52.9 Å². The van der Waals surface area contributed by atoms with E-state index in [9.17, 15) is 9.59 Å². The fraction of sp³-hybridized carbons (Fsp3) is 0.895. The quantitative estimate of drug-likeness (QED) is 0.737. The van der Waals surface area contributed by atoms with Crippen molar-refractivity contribution in [1.82, 2.24) is 9.80 Å². The number of hydrogen-bond acceptors (Lipinski definition) is 5. The smallest absolute Gasteiger partial charge is 0.312 e. The van der Waals surface area contributed by atoms with Crippen LogP contribution >= 0.6 is 0 Å². The van der Waals surface area contributed by atoms with Crippen molar-refractivity contribution in [2.45, 2.75) is 58.5 Å². The molecule has 134 valence electrons. The van der Waals surface area contributed by atoms with E-state index in [0.717, 1.165) is 58.3 Å². The minimum Gasteiger partial charge on any atom is -0.466 e. The Morgan fingerprint density at radius 3 is 2.08 bits per heavy atom. The molecule has 5 fully saturated rings. The van der Waals surface area contributed by atoms with Gasteiger partial charge in [0.05, 0.1) is 29.0 Å². The van der Waals surface area contributed by atoms with Crippen molar-refractivity contribution in [2.75, 3.05) is 32.8 Å². The average Bonchev–Trinajstić information content (AvgIpc) is 3.00. The van der Waals surface area contributed by atoms with Gasteiger partial charge in [-0.15, -0.1) is 0 Å². The maximum Gasteiger partial charge on any atom is 0.312 e. The molecule has 0 aromatic carbocycles. The summed E-state index contributed by atoms with van der Waals surface area (Å²) in [4.78, 5) is 31.0. The van der Waals surface area contributed by atoms with E-state index in [1.54, 1.807) is 0 Å². The van der Waals surface area contributed by atoms with Gasteiger partial charge < -0.3 is 4.74 Å². The minimum atomic E-state index is -0.223. The van der Waals surface area contributed by atoms with Gasteiger partial charge in [0.2, 0.25) is 0 Å². The molecule has 24 heavy (non-hydrogen) atoms. The fourth-order valence-corrected chi connectivity index (χ4v) is 6.32. The molecule has 0 unspecified atom stereocenters. The van der Waals surface area contributed by atoms with Crippen LogP contribution in [0.3, 0.4) is 0 Å². The predicted molar refractivity (Wildman–Crippen MR) is 90.3 cm³/mol. The SMILES string of the molecule is CCOC(=O)[C@@H]1CCCC12N1CC3(CC)CN2CC(CC)(C1)C3=O. The van der Waals surface area contributed by atoms with Gasteiger partial charge in [0.15, 0.2) is 0 Å². The summed E-state index contributed by atoms with van der Waals surface area (Å²) in [5.41, 5.74) is -0.636. The Morgan fingerprint density at radius 1 is 1.08 bits per heavy atom. The Hall–Kier alpha value is -0.940. The molecule has 1 saturated carbocycles. The molecule has 4 saturated heterocycles. The molecule has 5 heteroatoms. The number of nitrogens with zero attached hydrogens (tertiary/aromatic N) is 2. The van der Waals surface area contributed by atoms with Gasteiger partial charge in [-0.25, -0.2) is 0 Å². The first-order valence-electron chi connectivity index (χ1n) is 9.69. The zero-order chi connectivity index (χ0) is 17.2. The number of carbonyl (C=O) groups is 2. The molecule has 5 aliphatic rings. The van der Waals surface area contributed by atoms with Crippen molar-refractivity contribution >= 4 is 11.8 Å². The summed E-state index contributed by atoms with van der Waals surface area (Å²) >= 11 is 0. The van der Waals surface area contributed by atoms with E-state index in [-0.39, 0.29) is 28.4 Å². The largest absolute Gasteiger partial charge is 0.466 e.